The molecule has 156 valence electrons. The van der Waals surface area contributed by atoms with Gasteiger partial charge in [0.25, 0.3) is 5.91 Å². The number of anilines is 1. The molecule has 8 heteroatoms. The lowest BCUT2D eigenvalue weighted by molar-refractivity contribution is 0.0929. The molecule has 4 rings (SSSR count). The first kappa shape index (κ1) is 20.3. The maximum Gasteiger partial charge on any atom is 0.255 e. The Morgan fingerprint density at radius 1 is 1.13 bits per heavy atom. The second-order valence-electron chi connectivity index (χ2n) is 7.58. The number of aromatic nitrogens is 4. The molecule has 0 unspecified atom stereocenters. The van der Waals surface area contributed by atoms with E-state index in [-0.39, 0.29) is 11.9 Å². The summed E-state index contributed by atoms with van der Waals surface area (Å²) in [6.07, 6.45) is 5.22. The van der Waals surface area contributed by atoms with Crippen LogP contribution in [0.25, 0.3) is 0 Å². The summed E-state index contributed by atoms with van der Waals surface area (Å²) in [5.41, 5.74) is 3.20. The van der Waals surface area contributed by atoms with Crippen LogP contribution in [0, 0.1) is 13.8 Å². The van der Waals surface area contributed by atoms with Crippen LogP contribution in [-0.2, 0) is 6.54 Å². The quantitative estimate of drug-likeness (QED) is 0.679. The number of rotatable bonds is 5. The van der Waals surface area contributed by atoms with E-state index in [1.165, 1.54) is 0 Å². The van der Waals surface area contributed by atoms with Crippen molar-refractivity contribution in [1.82, 2.24) is 25.1 Å². The maximum absolute atomic E-state index is 13.0. The topological polar surface area (TPSA) is 75.9 Å². The maximum atomic E-state index is 13.0. The zero-order valence-electron chi connectivity index (χ0n) is 17.2. The normalized spacial score (nSPS) is 14.7. The summed E-state index contributed by atoms with van der Waals surface area (Å²) in [5.74, 6) is 0.680. The molecule has 0 radical (unpaired) electrons. The van der Waals surface area contributed by atoms with Crippen LogP contribution in [0.1, 0.15) is 40.2 Å². The molecule has 1 aliphatic rings. The summed E-state index contributed by atoms with van der Waals surface area (Å²) >= 11 is 6.29. The standard InChI is InChI=1S/C22H25ClN6O/c1-15-20(16(2)29(27-15)14-17-6-3-4-7-19(17)23)21(30)26-18-8-12-28(13-9-18)22-24-10-5-11-25-22/h3-7,10-11,18H,8-9,12-14H2,1-2H3,(H,26,30). The minimum atomic E-state index is -0.0650. The highest BCUT2D eigenvalue weighted by molar-refractivity contribution is 6.31. The zero-order valence-corrected chi connectivity index (χ0v) is 17.9. The highest BCUT2D eigenvalue weighted by atomic mass is 35.5. The van der Waals surface area contributed by atoms with Crippen LogP contribution in [0.4, 0.5) is 5.95 Å². The Labute approximate surface area is 181 Å². The Balaban J connectivity index is 1.41. The molecule has 0 spiro atoms. The van der Waals surface area contributed by atoms with Gasteiger partial charge in [0.05, 0.1) is 17.8 Å². The van der Waals surface area contributed by atoms with Gasteiger partial charge in [-0.05, 0) is 44.4 Å². The first-order valence-corrected chi connectivity index (χ1v) is 10.5. The minimum Gasteiger partial charge on any atom is -0.349 e. The summed E-state index contributed by atoms with van der Waals surface area (Å²) < 4.78 is 1.85. The fourth-order valence-electron chi connectivity index (χ4n) is 3.90. The van der Waals surface area contributed by atoms with E-state index < -0.39 is 0 Å². The molecule has 0 bridgehead atoms. The summed E-state index contributed by atoms with van der Waals surface area (Å²) in [5, 5.41) is 8.48. The SMILES string of the molecule is Cc1nn(Cc2ccccc2Cl)c(C)c1C(=O)NC1CCN(c2ncccn2)CC1. The third-order valence-electron chi connectivity index (χ3n) is 5.55. The van der Waals surface area contributed by atoms with E-state index in [1.54, 1.807) is 12.4 Å². The molecular weight excluding hydrogens is 400 g/mol. The highest BCUT2D eigenvalue weighted by Crippen LogP contribution is 2.21. The summed E-state index contributed by atoms with van der Waals surface area (Å²) in [7, 11) is 0. The lowest BCUT2D eigenvalue weighted by Gasteiger charge is -2.32. The minimum absolute atomic E-state index is 0.0650. The smallest absolute Gasteiger partial charge is 0.255 e. The molecule has 7 nitrogen and oxygen atoms in total. The third kappa shape index (κ3) is 4.31. The van der Waals surface area contributed by atoms with Crippen molar-refractivity contribution < 1.29 is 4.79 Å². The number of hydrogen-bond acceptors (Lipinski definition) is 5. The fourth-order valence-corrected chi connectivity index (χ4v) is 4.10. The van der Waals surface area contributed by atoms with E-state index in [2.05, 4.69) is 25.3 Å². The van der Waals surface area contributed by atoms with Crippen molar-refractivity contribution in [2.45, 2.75) is 39.3 Å². The van der Waals surface area contributed by atoms with Crippen LogP contribution in [0.15, 0.2) is 42.7 Å². The van der Waals surface area contributed by atoms with Gasteiger partial charge in [-0.3, -0.25) is 9.48 Å². The van der Waals surface area contributed by atoms with Crippen LogP contribution in [0.3, 0.4) is 0 Å². The van der Waals surface area contributed by atoms with E-state index in [9.17, 15) is 4.79 Å². The number of benzene rings is 1. The summed E-state index contributed by atoms with van der Waals surface area (Å²) in [6, 6.07) is 9.64. The molecule has 30 heavy (non-hydrogen) atoms. The van der Waals surface area contributed by atoms with Crippen LogP contribution in [-0.4, -0.2) is 44.8 Å². The average Bonchev–Trinajstić information content (AvgIpc) is 3.04. The molecule has 0 aliphatic carbocycles. The Bertz CT molecular complexity index is 1030. The number of carbonyl (C=O) groups is 1. The van der Waals surface area contributed by atoms with Crippen molar-refractivity contribution in [2.24, 2.45) is 0 Å². The number of piperidine rings is 1. The van der Waals surface area contributed by atoms with Gasteiger partial charge in [0, 0.05) is 42.2 Å². The number of nitrogens with one attached hydrogen (secondary N) is 1. The van der Waals surface area contributed by atoms with Crippen LogP contribution >= 0.6 is 11.6 Å². The van der Waals surface area contributed by atoms with E-state index in [0.717, 1.165) is 48.8 Å². The zero-order chi connectivity index (χ0) is 21.1. The third-order valence-corrected chi connectivity index (χ3v) is 5.92. The van der Waals surface area contributed by atoms with Crippen LogP contribution in [0.2, 0.25) is 5.02 Å². The van der Waals surface area contributed by atoms with Crippen LogP contribution < -0.4 is 10.2 Å². The first-order valence-electron chi connectivity index (χ1n) is 10.1. The second kappa shape index (κ2) is 8.83. The summed E-state index contributed by atoms with van der Waals surface area (Å²) in [6.45, 7) is 5.98. The Hall–Kier alpha value is -2.93. The highest BCUT2D eigenvalue weighted by Gasteiger charge is 2.25. The Morgan fingerprint density at radius 2 is 1.83 bits per heavy atom. The number of nitrogens with zero attached hydrogens (tertiary/aromatic N) is 5. The molecule has 1 aromatic carbocycles. The van der Waals surface area contributed by atoms with E-state index >= 15 is 0 Å². The fraction of sp³-hybridized carbons (Fsp3) is 0.364. The predicted octanol–water partition coefficient (Wildman–Crippen LogP) is 3.39. The lowest BCUT2D eigenvalue weighted by Crippen LogP contribution is -2.45. The monoisotopic (exact) mass is 424 g/mol. The molecule has 1 amide bonds. The summed E-state index contributed by atoms with van der Waals surface area (Å²) in [4.78, 5) is 23.8. The van der Waals surface area contributed by atoms with Gasteiger partial charge >= 0.3 is 0 Å². The van der Waals surface area contributed by atoms with Gasteiger partial charge in [-0.1, -0.05) is 29.8 Å². The Morgan fingerprint density at radius 3 is 2.53 bits per heavy atom. The van der Waals surface area contributed by atoms with Gasteiger partial charge in [0.2, 0.25) is 5.95 Å². The van der Waals surface area contributed by atoms with Gasteiger partial charge in [0.15, 0.2) is 0 Å². The number of hydrogen-bond donors (Lipinski definition) is 1. The van der Waals surface area contributed by atoms with Crippen molar-refractivity contribution in [1.29, 1.82) is 0 Å². The molecule has 0 saturated carbocycles. The molecule has 1 N–H and O–H groups in total. The number of amides is 1. The van der Waals surface area contributed by atoms with Crippen molar-refractivity contribution in [3.8, 4) is 0 Å². The first-order chi connectivity index (χ1) is 14.5. The van der Waals surface area contributed by atoms with E-state index in [4.69, 9.17) is 11.6 Å². The number of carbonyl (C=O) groups excluding carboxylic acids is 1. The van der Waals surface area contributed by atoms with E-state index in [0.29, 0.717) is 17.1 Å². The van der Waals surface area contributed by atoms with Gasteiger partial charge < -0.3 is 10.2 Å². The molecule has 3 aromatic rings. The molecule has 1 saturated heterocycles. The molecule has 1 aliphatic heterocycles. The van der Waals surface area contributed by atoms with E-state index in [1.807, 2.05) is 48.9 Å². The Kier molecular flexibility index (Phi) is 5.99. The van der Waals surface area contributed by atoms with Gasteiger partial charge in [-0.15, -0.1) is 0 Å². The molecule has 1 fully saturated rings. The van der Waals surface area contributed by atoms with Crippen molar-refractivity contribution in [3.05, 3.63) is 70.3 Å². The van der Waals surface area contributed by atoms with Gasteiger partial charge in [-0.2, -0.15) is 5.10 Å². The average molecular weight is 425 g/mol. The van der Waals surface area contributed by atoms with Crippen LogP contribution in [0.5, 0.6) is 0 Å². The lowest BCUT2D eigenvalue weighted by atomic mass is 10.0. The molecular formula is C22H25ClN6O. The number of aryl methyl sites for hydroxylation is 1. The second-order valence-corrected chi connectivity index (χ2v) is 7.99. The number of halogens is 1. The predicted molar refractivity (Wildman–Crippen MR) is 117 cm³/mol. The van der Waals surface area contributed by atoms with Crippen molar-refractivity contribution in [2.75, 3.05) is 18.0 Å². The largest absolute Gasteiger partial charge is 0.349 e. The molecule has 0 atom stereocenters. The molecule has 2 aromatic heterocycles. The van der Waals surface area contributed by atoms with Gasteiger partial charge in [0.1, 0.15) is 0 Å². The van der Waals surface area contributed by atoms with Crippen molar-refractivity contribution in [3.63, 3.8) is 0 Å². The van der Waals surface area contributed by atoms with Crippen molar-refractivity contribution >= 4 is 23.5 Å². The molecule has 3 heterocycles. The van der Waals surface area contributed by atoms with Gasteiger partial charge in [-0.25, -0.2) is 9.97 Å².